The third-order valence-electron chi connectivity index (χ3n) is 3.23. The molecular weight excluding hydrogens is 242 g/mol. The lowest BCUT2D eigenvalue weighted by Crippen LogP contribution is -2.37. The summed E-state index contributed by atoms with van der Waals surface area (Å²) in [6, 6.07) is 7.71. The van der Waals surface area contributed by atoms with Crippen LogP contribution >= 0.6 is 0 Å². The fraction of sp³-hybridized carbons (Fsp3) is 0.429. The molecule has 1 aliphatic heterocycles. The smallest absolute Gasteiger partial charge is 0.279 e. The maximum atomic E-state index is 5.92. The van der Waals surface area contributed by atoms with Crippen LogP contribution in [0.25, 0.3) is 11.0 Å². The van der Waals surface area contributed by atoms with E-state index < -0.39 is 0 Å². The Balaban J connectivity index is 1.91. The van der Waals surface area contributed by atoms with Gasteiger partial charge in [0.2, 0.25) is 0 Å². The first-order chi connectivity index (χ1) is 9.36. The molecule has 100 valence electrons. The van der Waals surface area contributed by atoms with Gasteiger partial charge in [-0.1, -0.05) is 12.1 Å². The second-order valence-corrected chi connectivity index (χ2v) is 4.61. The first-order valence-corrected chi connectivity index (χ1v) is 6.55. The average molecular weight is 259 g/mol. The van der Waals surface area contributed by atoms with Gasteiger partial charge in [-0.15, -0.1) is 0 Å². The summed E-state index contributed by atoms with van der Waals surface area (Å²) in [5.41, 5.74) is 1.63. The molecule has 0 amide bonds. The summed E-state index contributed by atoms with van der Waals surface area (Å²) in [7, 11) is 1.59. The predicted molar refractivity (Wildman–Crippen MR) is 72.6 cm³/mol. The Morgan fingerprint density at radius 1 is 1.16 bits per heavy atom. The van der Waals surface area contributed by atoms with E-state index >= 15 is 0 Å². The Morgan fingerprint density at radius 3 is 2.53 bits per heavy atom. The van der Waals surface area contributed by atoms with Crippen molar-refractivity contribution in [1.82, 2.24) is 15.3 Å². The molecule has 0 bridgehead atoms. The fourth-order valence-electron chi connectivity index (χ4n) is 2.26. The molecule has 0 radical (unpaired) electrons. The molecule has 19 heavy (non-hydrogen) atoms. The number of para-hydroxylation sites is 2. The van der Waals surface area contributed by atoms with Gasteiger partial charge in [-0.3, -0.25) is 0 Å². The number of piperidine rings is 1. The molecule has 1 fully saturated rings. The third-order valence-corrected chi connectivity index (χ3v) is 3.23. The fourth-order valence-corrected chi connectivity index (χ4v) is 2.26. The SMILES string of the molecule is COc1nc2ccccc2nc1OC1CCCNC1. The van der Waals surface area contributed by atoms with E-state index in [2.05, 4.69) is 15.3 Å². The lowest BCUT2D eigenvalue weighted by molar-refractivity contribution is 0.153. The summed E-state index contributed by atoms with van der Waals surface area (Å²) in [6.07, 6.45) is 2.29. The van der Waals surface area contributed by atoms with Gasteiger partial charge in [0.15, 0.2) is 0 Å². The molecule has 5 nitrogen and oxygen atoms in total. The molecule has 5 heteroatoms. The lowest BCUT2D eigenvalue weighted by atomic mass is 10.1. The summed E-state index contributed by atoms with van der Waals surface area (Å²) in [4.78, 5) is 8.93. The monoisotopic (exact) mass is 259 g/mol. The van der Waals surface area contributed by atoms with Crippen LogP contribution in [0.1, 0.15) is 12.8 Å². The van der Waals surface area contributed by atoms with Gasteiger partial charge in [-0.2, -0.15) is 0 Å². The number of fused-ring (bicyclic) bond motifs is 1. The van der Waals surface area contributed by atoms with Crippen molar-refractivity contribution in [2.24, 2.45) is 0 Å². The Labute approximate surface area is 112 Å². The van der Waals surface area contributed by atoms with E-state index in [1.54, 1.807) is 7.11 Å². The standard InChI is InChI=1S/C14H17N3O2/c1-18-13-14(19-10-5-4-8-15-9-10)17-12-7-3-2-6-11(12)16-13/h2-3,6-7,10,15H,4-5,8-9H2,1H3. The van der Waals surface area contributed by atoms with Crippen molar-refractivity contribution in [3.05, 3.63) is 24.3 Å². The number of hydrogen-bond acceptors (Lipinski definition) is 5. The van der Waals surface area contributed by atoms with E-state index in [0.29, 0.717) is 11.8 Å². The molecule has 1 unspecified atom stereocenters. The van der Waals surface area contributed by atoms with Gasteiger partial charge in [0.05, 0.1) is 18.1 Å². The zero-order chi connectivity index (χ0) is 13.1. The Morgan fingerprint density at radius 2 is 1.89 bits per heavy atom. The van der Waals surface area contributed by atoms with Crippen molar-refractivity contribution in [3.63, 3.8) is 0 Å². The lowest BCUT2D eigenvalue weighted by Gasteiger charge is -2.23. The molecule has 3 rings (SSSR count). The largest absolute Gasteiger partial charge is 0.477 e. The second kappa shape index (κ2) is 5.40. The Hall–Kier alpha value is -1.88. The number of hydrogen-bond donors (Lipinski definition) is 1. The van der Waals surface area contributed by atoms with Crippen molar-refractivity contribution in [3.8, 4) is 11.8 Å². The Bertz CT molecular complexity index is 568. The molecular formula is C14H17N3O2. The predicted octanol–water partition coefficient (Wildman–Crippen LogP) is 1.77. The average Bonchev–Trinajstić information content (AvgIpc) is 2.47. The maximum Gasteiger partial charge on any atom is 0.279 e. The minimum atomic E-state index is 0.137. The normalized spacial score (nSPS) is 19.3. The van der Waals surface area contributed by atoms with Crippen molar-refractivity contribution < 1.29 is 9.47 Å². The van der Waals surface area contributed by atoms with Crippen molar-refractivity contribution in [1.29, 1.82) is 0 Å². The number of benzene rings is 1. The molecule has 0 spiro atoms. The number of rotatable bonds is 3. The topological polar surface area (TPSA) is 56.3 Å². The molecule has 1 aromatic carbocycles. The first kappa shape index (κ1) is 12.2. The van der Waals surface area contributed by atoms with Gasteiger partial charge in [0.1, 0.15) is 6.10 Å². The van der Waals surface area contributed by atoms with Crippen LogP contribution in [0.2, 0.25) is 0 Å². The first-order valence-electron chi connectivity index (χ1n) is 6.55. The highest BCUT2D eigenvalue weighted by atomic mass is 16.5. The number of methoxy groups -OCH3 is 1. The highest BCUT2D eigenvalue weighted by Crippen LogP contribution is 2.26. The molecule has 2 aromatic rings. The maximum absolute atomic E-state index is 5.92. The van der Waals surface area contributed by atoms with Crippen LogP contribution < -0.4 is 14.8 Å². The highest BCUT2D eigenvalue weighted by molar-refractivity contribution is 5.75. The second-order valence-electron chi connectivity index (χ2n) is 4.61. The van der Waals surface area contributed by atoms with Crippen molar-refractivity contribution in [2.45, 2.75) is 18.9 Å². The number of nitrogens with one attached hydrogen (secondary N) is 1. The van der Waals surface area contributed by atoms with Gasteiger partial charge in [-0.05, 0) is 31.5 Å². The quantitative estimate of drug-likeness (QED) is 0.910. The van der Waals surface area contributed by atoms with Gasteiger partial charge in [0.25, 0.3) is 11.8 Å². The molecule has 0 aliphatic carbocycles. The van der Waals surface area contributed by atoms with E-state index in [1.807, 2.05) is 24.3 Å². The van der Waals surface area contributed by atoms with Crippen LogP contribution in [0.4, 0.5) is 0 Å². The molecule has 0 saturated carbocycles. The van der Waals surface area contributed by atoms with Crippen LogP contribution in [-0.4, -0.2) is 36.3 Å². The van der Waals surface area contributed by atoms with Crippen LogP contribution in [0.15, 0.2) is 24.3 Å². The highest BCUT2D eigenvalue weighted by Gasteiger charge is 2.18. The summed E-state index contributed by atoms with van der Waals surface area (Å²) in [6.45, 7) is 1.90. The Kier molecular flexibility index (Phi) is 3.46. The van der Waals surface area contributed by atoms with Crippen LogP contribution in [0.3, 0.4) is 0 Å². The minimum absolute atomic E-state index is 0.137. The van der Waals surface area contributed by atoms with Gasteiger partial charge in [-0.25, -0.2) is 9.97 Å². The molecule has 1 aromatic heterocycles. The van der Waals surface area contributed by atoms with Crippen LogP contribution in [0, 0.1) is 0 Å². The number of aromatic nitrogens is 2. The van der Waals surface area contributed by atoms with E-state index in [4.69, 9.17) is 9.47 Å². The van der Waals surface area contributed by atoms with Gasteiger partial charge in [0, 0.05) is 6.54 Å². The third kappa shape index (κ3) is 2.61. The van der Waals surface area contributed by atoms with Crippen molar-refractivity contribution in [2.75, 3.05) is 20.2 Å². The molecule has 1 N–H and O–H groups in total. The summed E-state index contributed by atoms with van der Waals surface area (Å²) < 4.78 is 11.2. The molecule has 1 saturated heterocycles. The van der Waals surface area contributed by atoms with Gasteiger partial charge < -0.3 is 14.8 Å². The summed E-state index contributed by atoms with van der Waals surface area (Å²) in [5.74, 6) is 0.930. The van der Waals surface area contributed by atoms with E-state index in [-0.39, 0.29) is 6.10 Å². The molecule has 2 heterocycles. The van der Waals surface area contributed by atoms with Crippen LogP contribution in [-0.2, 0) is 0 Å². The zero-order valence-electron chi connectivity index (χ0n) is 10.9. The number of ether oxygens (including phenoxy) is 2. The van der Waals surface area contributed by atoms with E-state index in [1.165, 1.54) is 0 Å². The molecule has 1 aliphatic rings. The number of nitrogens with zero attached hydrogens (tertiary/aromatic N) is 2. The summed E-state index contributed by atoms with van der Waals surface area (Å²) in [5, 5.41) is 3.32. The van der Waals surface area contributed by atoms with Crippen LogP contribution in [0.5, 0.6) is 11.8 Å². The van der Waals surface area contributed by atoms with E-state index in [0.717, 1.165) is 37.0 Å². The summed E-state index contributed by atoms with van der Waals surface area (Å²) >= 11 is 0. The minimum Gasteiger partial charge on any atom is -0.477 e. The molecule has 1 atom stereocenters. The van der Waals surface area contributed by atoms with Gasteiger partial charge >= 0.3 is 0 Å². The van der Waals surface area contributed by atoms with E-state index in [9.17, 15) is 0 Å². The zero-order valence-corrected chi connectivity index (χ0v) is 10.9. The van der Waals surface area contributed by atoms with Crippen molar-refractivity contribution >= 4 is 11.0 Å².